The second-order valence-corrected chi connectivity index (χ2v) is 11.9. The van der Waals surface area contributed by atoms with Crippen molar-refractivity contribution in [2.75, 3.05) is 13.1 Å². The Kier molecular flexibility index (Phi) is 7.37. The van der Waals surface area contributed by atoms with Crippen LogP contribution in [0.25, 0.3) is 0 Å². The Morgan fingerprint density at radius 2 is 1.72 bits per heavy atom. The van der Waals surface area contributed by atoms with Gasteiger partial charge in [-0.25, -0.2) is 12.7 Å². The summed E-state index contributed by atoms with van der Waals surface area (Å²) in [5.74, 6) is -0.124. The zero-order valence-corrected chi connectivity index (χ0v) is 20.9. The molecule has 0 bridgehead atoms. The molecule has 0 spiro atoms. The van der Waals surface area contributed by atoms with Crippen LogP contribution < -0.4 is 5.32 Å². The fourth-order valence-electron chi connectivity index (χ4n) is 4.72. The normalized spacial score (nSPS) is 18.7. The molecule has 1 amide bonds. The third-order valence-corrected chi connectivity index (χ3v) is 9.09. The van der Waals surface area contributed by atoms with Crippen LogP contribution in [0.5, 0.6) is 0 Å². The van der Waals surface area contributed by atoms with Gasteiger partial charge in [0.15, 0.2) is 0 Å². The molecule has 1 aliphatic heterocycles. The summed E-state index contributed by atoms with van der Waals surface area (Å²) in [6.45, 7) is 2.81. The third kappa shape index (κ3) is 5.61. The lowest BCUT2D eigenvalue weighted by Gasteiger charge is -2.31. The van der Waals surface area contributed by atoms with Gasteiger partial charge in [0.05, 0.1) is 11.8 Å². The quantitative estimate of drug-likeness (QED) is 0.599. The molecule has 172 valence electrons. The number of piperidine rings is 1. The number of amides is 1. The van der Waals surface area contributed by atoms with Crippen molar-refractivity contribution in [1.29, 1.82) is 0 Å². The molecule has 1 fully saturated rings. The van der Waals surface area contributed by atoms with E-state index in [1.165, 1.54) is 28.3 Å². The summed E-state index contributed by atoms with van der Waals surface area (Å²) in [4.78, 5) is 12.9. The van der Waals surface area contributed by atoms with Gasteiger partial charge >= 0.3 is 0 Å². The third-order valence-electron chi connectivity index (χ3n) is 6.71. The Balaban J connectivity index is 1.30. The van der Waals surface area contributed by atoms with E-state index in [1.807, 2.05) is 31.2 Å². The molecule has 2 aromatic rings. The van der Waals surface area contributed by atoms with Crippen LogP contribution in [0.1, 0.15) is 60.9 Å². The number of sulfonamides is 1. The number of aryl methyl sites for hydroxylation is 2. The van der Waals surface area contributed by atoms with E-state index < -0.39 is 10.0 Å². The highest BCUT2D eigenvalue weighted by Crippen LogP contribution is 2.26. The molecule has 1 N–H and O–H groups in total. The summed E-state index contributed by atoms with van der Waals surface area (Å²) in [5.41, 5.74) is 4.77. The molecule has 0 radical (unpaired) electrons. The van der Waals surface area contributed by atoms with E-state index in [1.54, 1.807) is 0 Å². The van der Waals surface area contributed by atoms with Gasteiger partial charge in [-0.15, -0.1) is 0 Å². The molecule has 1 aliphatic carbocycles. The van der Waals surface area contributed by atoms with Crippen molar-refractivity contribution in [2.45, 2.75) is 57.2 Å². The van der Waals surface area contributed by atoms with Crippen LogP contribution >= 0.6 is 15.9 Å². The molecule has 0 aromatic heterocycles. The highest BCUT2D eigenvalue weighted by molar-refractivity contribution is 9.10. The number of fused-ring (bicyclic) bond motifs is 1. The van der Waals surface area contributed by atoms with Gasteiger partial charge in [0.1, 0.15) is 0 Å². The molecule has 0 saturated carbocycles. The maximum Gasteiger partial charge on any atom is 0.223 e. The lowest BCUT2D eigenvalue weighted by molar-refractivity contribution is -0.126. The molecule has 5 nitrogen and oxygen atoms in total. The molecule has 32 heavy (non-hydrogen) atoms. The van der Waals surface area contributed by atoms with Crippen LogP contribution in [-0.4, -0.2) is 31.7 Å². The number of nitrogens with one attached hydrogen (secondary N) is 1. The Labute approximate surface area is 199 Å². The van der Waals surface area contributed by atoms with E-state index in [4.69, 9.17) is 0 Å². The highest BCUT2D eigenvalue weighted by atomic mass is 79.9. The van der Waals surface area contributed by atoms with E-state index in [2.05, 4.69) is 39.4 Å². The average Bonchev–Trinajstić information content (AvgIpc) is 2.80. The Hall–Kier alpha value is -1.70. The number of hydrogen-bond acceptors (Lipinski definition) is 3. The molecule has 2 aliphatic rings. The first-order valence-electron chi connectivity index (χ1n) is 11.5. The van der Waals surface area contributed by atoms with Crippen molar-refractivity contribution in [3.8, 4) is 0 Å². The number of nitrogens with zero attached hydrogens (tertiary/aromatic N) is 1. The van der Waals surface area contributed by atoms with Crippen molar-refractivity contribution in [3.63, 3.8) is 0 Å². The van der Waals surface area contributed by atoms with Crippen LogP contribution in [-0.2, 0) is 33.4 Å². The molecule has 1 saturated heterocycles. The van der Waals surface area contributed by atoms with Gasteiger partial charge in [-0.1, -0.05) is 46.3 Å². The largest absolute Gasteiger partial charge is 0.349 e. The molecule has 4 rings (SSSR count). The smallest absolute Gasteiger partial charge is 0.223 e. The lowest BCUT2D eigenvalue weighted by Crippen LogP contribution is -2.43. The maximum absolute atomic E-state index is 12.9. The van der Waals surface area contributed by atoms with Crippen molar-refractivity contribution >= 4 is 31.9 Å². The zero-order chi connectivity index (χ0) is 22.7. The van der Waals surface area contributed by atoms with Gasteiger partial charge in [0, 0.05) is 23.5 Å². The fraction of sp³-hybridized carbons (Fsp3) is 0.480. The summed E-state index contributed by atoms with van der Waals surface area (Å²) >= 11 is 3.37. The minimum absolute atomic E-state index is 0.00743. The van der Waals surface area contributed by atoms with Crippen molar-refractivity contribution < 1.29 is 13.2 Å². The predicted molar refractivity (Wildman–Crippen MR) is 131 cm³/mol. The minimum Gasteiger partial charge on any atom is -0.349 e. The fourth-order valence-corrected chi connectivity index (χ4v) is 6.54. The van der Waals surface area contributed by atoms with Crippen LogP contribution in [0.15, 0.2) is 46.9 Å². The number of carbonyl (C=O) groups is 1. The van der Waals surface area contributed by atoms with Gasteiger partial charge in [-0.05, 0) is 79.8 Å². The number of hydrogen-bond donors (Lipinski definition) is 1. The van der Waals surface area contributed by atoms with Crippen LogP contribution in [0.2, 0.25) is 0 Å². The first-order chi connectivity index (χ1) is 15.3. The topological polar surface area (TPSA) is 66.5 Å². The second-order valence-electron chi connectivity index (χ2n) is 9.02. The SMILES string of the molecule is C[C@@H](NC(=O)C1CCN(S(=O)(=O)Cc2ccc(Br)cc2)CC1)c1ccc2c(c1)CCCC2. The van der Waals surface area contributed by atoms with E-state index >= 15 is 0 Å². The number of benzene rings is 2. The first-order valence-corrected chi connectivity index (χ1v) is 13.9. The summed E-state index contributed by atoms with van der Waals surface area (Å²) in [5, 5.41) is 3.16. The van der Waals surface area contributed by atoms with Gasteiger partial charge in [0.2, 0.25) is 15.9 Å². The summed E-state index contributed by atoms with van der Waals surface area (Å²) in [7, 11) is -3.39. The lowest BCUT2D eigenvalue weighted by atomic mass is 9.89. The molecule has 2 aromatic carbocycles. The minimum atomic E-state index is -3.39. The first kappa shape index (κ1) is 23.5. The highest BCUT2D eigenvalue weighted by Gasteiger charge is 2.31. The van der Waals surface area contributed by atoms with Crippen LogP contribution in [0, 0.1) is 5.92 Å². The Morgan fingerprint density at radius 3 is 2.41 bits per heavy atom. The maximum atomic E-state index is 12.9. The zero-order valence-electron chi connectivity index (χ0n) is 18.5. The van der Waals surface area contributed by atoms with Gasteiger partial charge in [-0.3, -0.25) is 4.79 Å². The van der Waals surface area contributed by atoms with Crippen molar-refractivity contribution in [1.82, 2.24) is 9.62 Å². The second kappa shape index (κ2) is 10.1. The van der Waals surface area contributed by atoms with Crippen molar-refractivity contribution in [2.24, 2.45) is 5.92 Å². The predicted octanol–water partition coefficient (Wildman–Crippen LogP) is 4.75. The van der Waals surface area contributed by atoms with E-state index in [0.717, 1.165) is 28.4 Å². The molecule has 1 heterocycles. The summed E-state index contributed by atoms with van der Waals surface area (Å²) in [6, 6.07) is 13.9. The van der Waals surface area contributed by atoms with E-state index in [9.17, 15) is 13.2 Å². The van der Waals surface area contributed by atoms with Gasteiger partial charge in [-0.2, -0.15) is 0 Å². The molecule has 1 atom stereocenters. The Morgan fingerprint density at radius 1 is 1.06 bits per heavy atom. The van der Waals surface area contributed by atoms with Gasteiger partial charge < -0.3 is 5.32 Å². The number of carbonyl (C=O) groups excluding carboxylic acids is 1. The number of halogens is 1. The molecular formula is C25H31BrN2O3S. The van der Waals surface area contributed by atoms with Crippen molar-refractivity contribution in [3.05, 3.63) is 69.2 Å². The molecule has 7 heteroatoms. The Bertz CT molecular complexity index is 1060. The summed E-state index contributed by atoms with van der Waals surface area (Å²) < 4.78 is 28.1. The van der Waals surface area contributed by atoms with Gasteiger partial charge in [0.25, 0.3) is 0 Å². The molecular weight excluding hydrogens is 488 g/mol. The monoisotopic (exact) mass is 518 g/mol. The standard InChI is InChI=1S/C25H31BrN2O3S/c1-18(22-9-8-20-4-2-3-5-23(20)16-22)27-25(29)21-12-14-28(15-13-21)32(30,31)17-19-6-10-24(26)11-7-19/h6-11,16,18,21H,2-5,12-15,17H2,1H3,(H,27,29)/t18-/m1/s1. The summed E-state index contributed by atoms with van der Waals surface area (Å²) in [6.07, 6.45) is 5.89. The molecule has 0 unspecified atom stereocenters. The average molecular weight is 520 g/mol. The van der Waals surface area contributed by atoms with E-state index in [-0.39, 0.29) is 23.6 Å². The van der Waals surface area contributed by atoms with E-state index in [0.29, 0.717) is 25.9 Å². The number of rotatable bonds is 6. The van der Waals surface area contributed by atoms with Crippen LogP contribution in [0.3, 0.4) is 0 Å². The van der Waals surface area contributed by atoms with Crippen LogP contribution in [0.4, 0.5) is 0 Å².